The van der Waals surface area contributed by atoms with Gasteiger partial charge in [-0.1, -0.05) is 18.5 Å². The Kier molecular flexibility index (Phi) is 7.00. The van der Waals surface area contributed by atoms with Crippen LogP contribution in [-0.2, 0) is 10.0 Å². The van der Waals surface area contributed by atoms with Crippen molar-refractivity contribution >= 4 is 38.9 Å². The zero-order valence-corrected chi connectivity index (χ0v) is 17.8. The molecule has 0 atom stereocenters. The molecule has 0 saturated carbocycles. The summed E-state index contributed by atoms with van der Waals surface area (Å²) in [5.41, 5.74) is 1.54. The maximum absolute atomic E-state index is 12.9. The third-order valence-corrected chi connectivity index (χ3v) is 6.25. The summed E-state index contributed by atoms with van der Waals surface area (Å²) < 4.78 is 28.5. The summed E-state index contributed by atoms with van der Waals surface area (Å²) in [7, 11) is -3.83. The molecule has 0 radical (unpaired) electrons. The first-order valence-electron chi connectivity index (χ1n) is 9.57. The van der Waals surface area contributed by atoms with E-state index in [4.69, 9.17) is 11.6 Å². The minimum absolute atomic E-state index is 0.106. The average molecular weight is 437 g/mol. The molecule has 1 heterocycles. The minimum Gasteiger partial charge on any atom is -0.367 e. The molecule has 3 N–H and O–H groups in total. The summed E-state index contributed by atoms with van der Waals surface area (Å²) in [6.45, 7) is 5.64. The third-order valence-electron chi connectivity index (χ3n) is 4.62. The molecular formula is C20H25ClN4O3S. The van der Waals surface area contributed by atoms with Crippen molar-refractivity contribution in [3.63, 3.8) is 0 Å². The van der Waals surface area contributed by atoms with E-state index in [0.717, 1.165) is 38.3 Å². The molecule has 0 unspecified atom stereocenters. The monoisotopic (exact) mass is 436 g/mol. The van der Waals surface area contributed by atoms with E-state index in [9.17, 15) is 13.2 Å². The number of carbonyl (C=O) groups excluding carboxylic acids is 1. The topological polar surface area (TPSA) is 90.5 Å². The Labute approximate surface area is 176 Å². The van der Waals surface area contributed by atoms with Gasteiger partial charge >= 0.3 is 0 Å². The molecule has 1 fully saturated rings. The predicted molar refractivity (Wildman–Crippen MR) is 116 cm³/mol. The number of carbonyl (C=O) groups is 1. The predicted octanol–water partition coefficient (Wildman–Crippen LogP) is 2.69. The van der Waals surface area contributed by atoms with Gasteiger partial charge in [0.05, 0.1) is 16.3 Å². The van der Waals surface area contributed by atoms with Gasteiger partial charge in [0.25, 0.3) is 15.9 Å². The van der Waals surface area contributed by atoms with Gasteiger partial charge in [-0.25, -0.2) is 8.42 Å². The number of halogens is 1. The van der Waals surface area contributed by atoms with E-state index >= 15 is 0 Å². The molecule has 9 heteroatoms. The van der Waals surface area contributed by atoms with Gasteiger partial charge in [-0.05, 0) is 48.9 Å². The molecule has 0 spiro atoms. The molecule has 0 bridgehead atoms. The average Bonchev–Trinajstić information content (AvgIpc) is 2.72. The lowest BCUT2D eigenvalue weighted by Crippen LogP contribution is -2.43. The Balaban J connectivity index is 1.95. The SMILES string of the molecule is CCCNC(=O)c1ccc(N2CCNCC2)c(NS(=O)(=O)c2ccc(Cl)cc2)c1. The fraction of sp³-hybridized carbons (Fsp3) is 0.350. The molecule has 1 aliphatic rings. The molecular weight excluding hydrogens is 412 g/mol. The fourth-order valence-corrected chi connectivity index (χ4v) is 4.29. The molecule has 0 aromatic heterocycles. The van der Waals surface area contributed by atoms with E-state index in [0.29, 0.717) is 22.8 Å². The molecule has 156 valence electrons. The minimum atomic E-state index is -3.83. The van der Waals surface area contributed by atoms with Crippen LogP contribution in [-0.4, -0.2) is 47.0 Å². The van der Waals surface area contributed by atoms with Crippen LogP contribution in [0.25, 0.3) is 0 Å². The van der Waals surface area contributed by atoms with Gasteiger partial charge in [0.15, 0.2) is 0 Å². The summed E-state index contributed by atoms with van der Waals surface area (Å²) >= 11 is 5.87. The van der Waals surface area contributed by atoms with E-state index < -0.39 is 10.0 Å². The Bertz CT molecular complexity index is 958. The first-order valence-corrected chi connectivity index (χ1v) is 11.4. The summed E-state index contributed by atoms with van der Waals surface area (Å²) in [6, 6.07) is 11.1. The quantitative estimate of drug-likeness (QED) is 0.620. The number of nitrogens with one attached hydrogen (secondary N) is 3. The summed E-state index contributed by atoms with van der Waals surface area (Å²) in [6.07, 6.45) is 0.820. The van der Waals surface area contributed by atoms with Gasteiger partial charge in [-0.3, -0.25) is 9.52 Å². The second-order valence-corrected chi connectivity index (χ2v) is 8.90. The summed E-state index contributed by atoms with van der Waals surface area (Å²) in [5, 5.41) is 6.56. The Morgan fingerprint density at radius 2 is 1.83 bits per heavy atom. The van der Waals surface area contributed by atoms with Gasteiger partial charge in [0.1, 0.15) is 0 Å². The lowest BCUT2D eigenvalue weighted by Gasteiger charge is -2.31. The van der Waals surface area contributed by atoms with E-state index in [1.54, 1.807) is 18.2 Å². The smallest absolute Gasteiger partial charge is 0.261 e. The van der Waals surface area contributed by atoms with Gasteiger partial charge in [0, 0.05) is 43.3 Å². The van der Waals surface area contributed by atoms with Crippen molar-refractivity contribution in [2.45, 2.75) is 18.2 Å². The van der Waals surface area contributed by atoms with Crippen molar-refractivity contribution in [3.8, 4) is 0 Å². The van der Waals surface area contributed by atoms with Gasteiger partial charge in [-0.2, -0.15) is 0 Å². The van der Waals surface area contributed by atoms with Crippen molar-refractivity contribution in [1.82, 2.24) is 10.6 Å². The number of amides is 1. The highest BCUT2D eigenvalue weighted by Gasteiger charge is 2.21. The summed E-state index contributed by atoms with van der Waals surface area (Å²) in [4.78, 5) is 14.6. The van der Waals surface area contributed by atoms with Crippen LogP contribution in [0.5, 0.6) is 0 Å². The second kappa shape index (κ2) is 9.47. The van der Waals surface area contributed by atoms with Crippen molar-refractivity contribution in [2.75, 3.05) is 42.3 Å². The maximum Gasteiger partial charge on any atom is 0.261 e. The van der Waals surface area contributed by atoms with Gasteiger partial charge in [-0.15, -0.1) is 0 Å². The summed E-state index contributed by atoms with van der Waals surface area (Å²) in [5.74, 6) is -0.231. The number of hydrogen-bond donors (Lipinski definition) is 3. The van der Waals surface area contributed by atoms with Crippen LogP contribution in [0.4, 0.5) is 11.4 Å². The number of rotatable bonds is 7. The molecule has 0 aliphatic carbocycles. The third kappa shape index (κ3) is 5.41. The second-order valence-electron chi connectivity index (χ2n) is 6.78. The Morgan fingerprint density at radius 1 is 1.14 bits per heavy atom. The normalized spacial score (nSPS) is 14.5. The first kappa shape index (κ1) is 21.4. The number of anilines is 2. The number of nitrogens with zero attached hydrogens (tertiary/aromatic N) is 1. The zero-order valence-electron chi connectivity index (χ0n) is 16.2. The number of benzene rings is 2. The highest BCUT2D eigenvalue weighted by atomic mass is 35.5. The molecule has 1 amide bonds. The number of piperazine rings is 1. The molecule has 29 heavy (non-hydrogen) atoms. The molecule has 3 rings (SSSR count). The number of hydrogen-bond acceptors (Lipinski definition) is 5. The van der Waals surface area contributed by atoms with E-state index in [-0.39, 0.29) is 10.8 Å². The molecule has 1 saturated heterocycles. The van der Waals surface area contributed by atoms with Crippen LogP contribution < -0.4 is 20.3 Å². The fourth-order valence-electron chi connectivity index (χ4n) is 3.10. The standard InChI is InChI=1S/C20H25ClN4O3S/c1-2-9-23-20(26)15-3-8-19(25-12-10-22-11-13-25)18(14-15)24-29(27,28)17-6-4-16(21)5-7-17/h3-8,14,22,24H,2,9-13H2,1H3,(H,23,26). The van der Waals surface area contributed by atoms with E-state index in [2.05, 4.69) is 20.3 Å². The van der Waals surface area contributed by atoms with Crippen LogP contribution in [0, 0.1) is 0 Å². The van der Waals surface area contributed by atoms with E-state index in [1.165, 1.54) is 24.3 Å². The van der Waals surface area contributed by atoms with Crippen molar-refractivity contribution in [1.29, 1.82) is 0 Å². The Morgan fingerprint density at radius 3 is 2.48 bits per heavy atom. The lowest BCUT2D eigenvalue weighted by molar-refractivity contribution is 0.0953. The van der Waals surface area contributed by atoms with Gasteiger partial charge < -0.3 is 15.5 Å². The zero-order chi connectivity index (χ0) is 20.9. The highest BCUT2D eigenvalue weighted by Crippen LogP contribution is 2.30. The van der Waals surface area contributed by atoms with Crippen molar-refractivity contribution in [2.24, 2.45) is 0 Å². The van der Waals surface area contributed by atoms with Crippen molar-refractivity contribution in [3.05, 3.63) is 53.1 Å². The molecule has 2 aromatic rings. The number of sulfonamides is 1. The maximum atomic E-state index is 12.9. The van der Waals surface area contributed by atoms with E-state index in [1.807, 2.05) is 6.92 Å². The van der Waals surface area contributed by atoms with Crippen LogP contribution in [0.3, 0.4) is 0 Å². The lowest BCUT2D eigenvalue weighted by atomic mass is 10.1. The Hall–Kier alpha value is -2.29. The highest BCUT2D eigenvalue weighted by molar-refractivity contribution is 7.92. The van der Waals surface area contributed by atoms with Crippen LogP contribution >= 0.6 is 11.6 Å². The van der Waals surface area contributed by atoms with Crippen LogP contribution in [0.1, 0.15) is 23.7 Å². The molecule has 7 nitrogen and oxygen atoms in total. The van der Waals surface area contributed by atoms with Crippen LogP contribution in [0.15, 0.2) is 47.4 Å². The largest absolute Gasteiger partial charge is 0.367 e. The van der Waals surface area contributed by atoms with Crippen molar-refractivity contribution < 1.29 is 13.2 Å². The molecule has 2 aromatic carbocycles. The van der Waals surface area contributed by atoms with Crippen LogP contribution in [0.2, 0.25) is 5.02 Å². The van der Waals surface area contributed by atoms with Gasteiger partial charge in [0.2, 0.25) is 0 Å². The molecule has 1 aliphatic heterocycles. The first-order chi connectivity index (χ1) is 13.9.